The number of alkyl halides is 5. The Hall–Kier alpha value is -0.680. The largest absolute Gasteiger partial charge is 0.454 e. The van der Waals surface area contributed by atoms with Gasteiger partial charge in [-0.2, -0.15) is 22.0 Å². The topological polar surface area (TPSA) is 17.1 Å². The Balaban J connectivity index is 4.58. The second-order valence-corrected chi connectivity index (χ2v) is 2.05. The normalized spacial score (nSPS) is 16.2. The number of hydrogen-bond donors (Lipinski definition) is 0. The quantitative estimate of drug-likeness (QED) is 0.464. The van der Waals surface area contributed by atoms with Crippen LogP contribution in [0.5, 0.6) is 0 Å². The number of hydrogen-bond acceptors (Lipinski definition) is 1. The van der Waals surface area contributed by atoms with Crippen molar-refractivity contribution in [3.63, 3.8) is 0 Å². The van der Waals surface area contributed by atoms with Gasteiger partial charge in [-0.1, -0.05) is 0 Å². The molecule has 0 aliphatic rings. The fourth-order valence-corrected chi connectivity index (χ4v) is 0.344. The van der Waals surface area contributed by atoms with Crippen molar-refractivity contribution in [2.45, 2.75) is 19.0 Å². The molecule has 1 atom stereocenters. The average molecular weight is 176 g/mol. The minimum Gasteiger partial charge on any atom is -0.303 e. The first-order valence-corrected chi connectivity index (χ1v) is 2.63. The summed E-state index contributed by atoms with van der Waals surface area (Å²) >= 11 is 0. The zero-order valence-electron chi connectivity index (χ0n) is 5.45. The molecule has 0 spiro atoms. The van der Waals surface area contributed by atoms with E-state index in [9.17, 15) is 26.7 Å². The number of carbonyl (C=O) groups excluding carboxylic acids is 1. The summed E-state index contributed by atoms with van der Waals surface area (Å²) in [4.78, 5) is 9.62. The Morgan fingerprint density at radius 1 is 1.18 bits per heavy atom. The van der Waals surface area contributed by atoms with Crippen molar-refractivity contribution in [2.24, 2.45) is 5.92 Å². The number of halogens is 5. The Morgan fingerprint density at radius 3 is 1.64 bits per heavy atom. The van der Waals surface area contributed by atoms with Crippen molar-refractivity contribution in [3.05, 3.63) is 0 Å². The summed E-state index contributed by atoms with van der Waals surface area (Å²) in [6, 6.07) is 0. The van der Waals surface area contributed by atoms with Crippen molar-refractivity contribution < 1.29 is 26.7 Å². The predicted molar refractivity (Wildman–Crippen MR) is 26.2 cm³/mol. The monoisotopic (exact) mass is 176 g/mol. The summed E-state index contributed by atoms with van der Waals surface area (Å²) in [5, 5.41) is 0. The van der Waals surface area contributed by atoms with Crippen LogP contribution >= 0.6 is 0 Å². The number of rotatable bonds is 2. The van der Waals surface area contributed by atoms with Crippen LogP contribution in [0.15, 0.2) is 0 Å². The molecule has 0 N–H and O–H groups in total. The smallest absolute Gasteiger partial charge is 0.303 e. The van der Waals surface area contributed by atoms with Crippen LogP contribution in [0.3, 0.4) is 0 Å². The molecule has 0 aliphatic heterocycles. The van der Waals surface area contributed by atoms with Crippen molar-refractivity contribution in [1.82, 2.24) is 0 Å². The molecule has 1 unspecified atom stereocenters. The second kappa shape index (κ2) is 2.75. The first-order chi connectivity index (χ1) is 4.73. The van der Waals surface area contributed by atoms with Crippen LogP contribution in [0.2, 0.25) is 0 Å². The lowest BCUT2D eigenvalue weighted by Gasteiger charge is -2.21. The number of aldehydes is 1. The lowest BCUT2D eigenvalue weighted by Crippen LogP contribution is -2.42. The maximum atomic E-state index is 12.0. The highest BCUT2D eigenvalue weighted by molar-refractivity contribution is 5.54. The van der Waals surface area contributed by atoms with Gasteiger partial charge in [0.25, 0.3) is 0 Å². The van der Waals surface area contributed by atoms with E-state index in [-0.39, 0.29) is 0 Å². The summed E-state index contributed by atoms with van der Waals surface area (Å²) in [5.74, 6) is -7.25. The minimum absolute atomic E-state index is 0.423. The Kier molecular flexibility index (Phi) is 2.58. The van der Waals surface area contributed by atoms with E-state index < -0.39 is 24.3 Å². The van der Waals surface area contributed by atoms with Crippen molar-refractivity contribution in [1.29, 1.82) is 0 Å². The molecule has 66 valence electrons. The highest BCUT2D eigenvalue weighted by Crippen LogP contribution is 2.40. The zero-order valence-corrected chi connectivity index (χ0v) is 5.45. The highest BCUT2D eigenvalue weighted by Gasteiger charge is 2.60. The Bertz CT molecular complexity index is 149. The van der Waals surface area contributed by atoms with E-state index >= 15 is 0 Å². The van der Waals surface area contributed by atoms with Gasteiger partial charge < -0.3 is 4.79 Å². The van der Waals surface area contributed by atoms with Gasteiger partial charge in [0.2, 0.25) is 0 Å². The van der Waals surface area contributed by atoms with E-state index in [0.717, 1.165) is 0 Å². The van der Waals surface area contributed by atoms with Crippen molar-refractivity contribution in [2.75, 3.05) is 0 Å². The van der Waals surface area contributed by atoms with Gasteiger partial charge in [-0.3, -0.25) is 0 Å². The molecule has 0 aliphatic carbocycles. The summed E-state index contributed by atoms with van der Waals surface area (Å²) in [6.45, 7) is 0.514. The zero-order chi connectivity index (χ0) is 9.28. The van der Waals surface area contributed by atoms with E-state index in [4.69, 9.17) is 0 Å². The van der Waals surface area contributed by atoms with Gasteiger partial charge in [0.15, 0.2) is 0 Å². The van der Waals surface area contributed by atoms with Crippen LogP contribution in [0.4, 0.5) is 22.0 Å². The molecule has 11 heavy (non-hydrogen) atoms. The first-order valence-electron chi connectivity index (χ1n) is 2.63. The number of carbonyl (C=O) groups is 1. The fourth-order valence-electron chi connectivity index (χ4n) is 0.344. The average Bonchev–Trinajstić information content (AvgIpc) is 1.83. The van der Waals surface area contributed by atoms with Gasteiger partial charge in [0.05, 0.1) is 5.92 Å². The van der Waals surface area contributed by atoms with E-state index in [1.807, 2.05) is 0 Å². The molecule has 0 rings (SSSR count). The van der Waals surface area contributed by atoms with Crippen LogP contribution in [0.25, 0.3) is 0 Å². The maximum Gasteiger partial charge on any atom is 0.454 e. The minimum atomic E-state index is -5.65. The van der Waals surface area contributed by atoms with Crippen LogP contribution in [0.1, 0.15) is 6.92 Å². The molecule has 0 aromatic heterocycles. The molecule has 0 amide bonds. The van der Waals surface area contributed by atoms with Gasteiger partial charge in [-0.05, 0) is 6.92 Å². The molecule has 0 aromatic carbocycles. The fraction of sp³-hybridized carbons (Fsp3) is 0.800. The van der Waals surface area contributed by atoms with Crippen LogP contribution in [-0.4, -0.2) is 18.4 Å². The lowest BCUT2D eigenvalue weighted by molar-refractivity contribution is -0.295. The summed E-state index contributed by atoms with van der Waals surface area (Å²) in [5.41, 5.74) is 0. The predicted octanol–water partition coefficient (Wildman–Crippen LogP) is 2.02. The van der Waals surface area contributed by atoms with E-state index in [0.29, 0.717) is 6.92 Å². The molecule has 0 fully saturated rings. The van der Waals surface area contributed by atoms with Crippen molar-refractivity contribution >= 4 is 6.29 Å². The van der Waals surface area contributed by atoms with Crippen LogP contribution < -0.4 is 0 Å². The van der Waals surface area contributed by atoms with Gasteiger partial charge in [-0.15, -0.1) is 0 Å². The second-order valence-electron chi connectivity index (χ2n) is 2.05. The molecule has 1 nitrogen and oxygen atoms in total. The van der Waals surface area contributed by atoms with Gasteiger partial charge in [0.1, 0.15) is 6.29 Å². The molecule has 0 bridgehead atoms. The summed E-state index contributed by atoms with van der Waals surface area (Å²) in [7, 11) is 0. The van der Waals surface area contributed by atoms with E-state index in [2.05, 4.69) is 0 Å². The maximum absolute atomic E-state index is 12.0. The summed E-state index contributed by atoms with van der Waals surface area (Å²) < 4.78 is 58.0. The third-order valence-corrected chi connectivity index (χ3v) is 1.15. The molecular formula is C5H5F5O. The van der Waals surface area contributed by atoms with E-state index in [1.54, 1.807) is 0 Å². The molecular weight excluding hydrogens is 171 g/mol. The highest BCUT2D eigenvalue weighted by atomic mass is 19.4. The van der Waals surface area contributed by atoms with Crippen LogP contribution in [-0.2, 0) is 4.79 Å². The van der Waals surface area contributed by atoms with Crippen LogP contribution in [0, 0.1) is 5.92 Å². The molecule has 0 aromatic rings. The molecule has 0 radical (unpaired) electrons. The third kappa shape index (κ3) is 1.87. The summed E-state index contributed by atoms with van der Waals surface area (Å²) in [6.07, 6.45) is -6.07. The standard InChI is InChI=1S/C5H5F5O/c1-3(2-11)4(6,7)5(8,9)10/h2-3H,1H3. The molecule has 0 saturated heterocycles. The third-order valence-electron chi connectivity index (χ3n) is 1.15. The molecule has 6 heteroatoms. The molecule has 0 saturated carbocycles. The first kappa shape index (κ1) is 10.3. The lowest BCUT2D eigenvalue weighted by atomic mass is 10.1. The Labute approximate surface area is 59.2 Å². The van der Waals surface area contributed by atoms with Gasteiger partial charge in [-0.25, -0.2) is 0 Å². The van der Waals surface area contributed by atoms with E-state index in [1.165, 1.54) is 0 Å². The van der Waals surface area contributed by atoms with Gasteiger partial charge >= 0.3 is 12.1 Å². The molecule has 0 heterocycles. The Morgan fingerprint density at radius 2 is 1.55 bits per heavy atom. The SMILES string of the molecule is CC(C=O)C(F)(F)C(F)(F)F. The van der Waals surface area contributed by atoms with Gasteiger partial charge in [0, 0.05) is 0 Å². The van der Waals surface area contributed by atoms with Crippen molar-refractivity contribution in [3.8, 4) is 0 Å².